The van der Waals surface area contributed by atoms with Crippen molar-refractivity contribution in [1.82, 2.24) is 4.90 Å². The van der Waals surface area contributed by atoms with Gasteiger partial charge in [0.2, 0.25) is 5.91 Å². The number of carbonyl (C=O) groups excluding carboxylic acids is 1. The molecule has 5 heteroatoms. The minimum Gasteiger partial charge on any atom is -0.481 e. The van der Waals surface area contributed by atoms with Crippen molar-refractivity contribution in [3.8, 4) is 0 Å². The van der Waals surface area contributed by atoms with Crippen LogP contribution in [-0.2, 0) is 14.3 Å². The highest BCUT2D eigenvalue weighted by atomic mass is 16.5. The first-order valence-electron chi connectivity index (χ1n) is 6.93. The van der Waals surface area contributed by atoms with E-state index in [0.29, 0.717) is 5.92 Å². The van der Waals surface area contributed by atoms with Crippen molar-refractivity contribution in [3.05, 3.63) is 12.2 Å². The standard InChI is InChI=1S/C14H19NO4/c1-8-3-2-6-15(7-8)13(16)11-9-4-5-10(19-9)12(11)14(17)18/h4-5,8-12H,2-3,6-7H2,1H3,(H,17,18)/t8-,9-,10-,11+,12-/m1/s1. The first-order valence-corrected chi connectivity index (χ1v) is 6.93. The van der Waals surface area contributed by atoms with E-state index in [2.05, 4.69) is 6.92 Å². The first kappa shape index (κ1) is 12.7. The second-order valence-corrected chi connectivity index (χ2v) is 5.87. The summed E-state index contributed by atoms with van der Waals surface area (Å²) in [5, 5.41) is 9.32. The molecular formula is C14H19NO4. The molecule has 0 saturated carbocycles. The predicted octanol–water partition coefficient (Wildman–Crippen LogP) is 0.899. The van der Waals surface area contributed by atoms with Gasteiger partial charge >= 0.3 is 5.97 Å². The van der Waals surface area contributed by atoms with Crippen molar-refractivity contribution in [3.63, 3.8) is 0 Å². The van der Waals surface area contributed by atoms with E-state index in [0.717, 1.165) is 25.9 Å². The van der Waals surface area contributed by atoms with Crippen LogP contribution in [0, 0.1) is 17.8 Å². The molecule has 5 atom stereocenters. The zero-order chi connectivity index (χ0) is 13.6. The second kappa shape index (κ2) is 4.63. The molecule has 3 heterocycles. The van der Waals surface area contributed by atoms with Crippen LogP contribution in [0.3, 0.4) is 0 Å². The van der Waals surface area contributed by atoms with Crippen LogP contribution < -0.4 is 0 Å². The van der Waals surface area contributed by atoms with E-state index in [4.69, 9.17) is 4.74 Å². The van der Waals surface area contributed by atoms with Gasteiger partial charge in [0.25, 0.3) is 0 Å². The molecule has 2 saturated heterocycles. The molecule has 0 aromatic rings. The van der Waals surface area contributed by atoms with E-state index in [1.54, 1.807) is 6.08 Å². The Hall–Kier alpha value is -1.36. The van der Waals surface area contributed by atoms with Crippen LogP contribution in [0.25, 0.3) is 0 Å². The van der Waals surface area contributed by atoms with Crippen LogP contribution in [0.2, 0.25) is 0 Å². The number of amides is 1. The van der Waals surface area contributed by atoms with E-state index in [1.165, 1.54) is 0 Å². The number of piperidine rings is 1. The highest BCUT2D eigenvalue weighted by Crippen LogP contribution is 2.40. The summed E-state index contributed by atoms with van der Waals surface area (Å²) in [6.07, 6.45) is 4.96. The Balaban J connectivity index is 1.78. The number of ether oxygens (including phenoxy) is 1. The normalized spacial score (nSPS) is 40.7. The maximum Gasteiger partial charge on any atom is 0.310 e. The number of rotatable bonds is 2. The summed E-state index contributed by atoms with van der Waals surface area (Å²) in [6.45, 7) is 3.61. The molecular weight excluding hydrogens is 246 g/mol. The van der Waals surface area contributed by atoms with Gasteiger partial charge in [-0.05, 0) is 18.8 Å². The van der Waals surface area contributed by atoms with Gasteiger partial charge in [0, 0.05) is 13.1 Å². The second-order valence-electron chi connectivity index (χ2n) is 5.87. The van der Waals surface area contributed by atoms with Crippen molar-refractivity contribution < 1.29 is 19.4 Å². The smallest absolute Gasteiger partial charge is 0.310 e. The quantitative estimate of drug-likeness (QED) is 0.753. The van der Waals surface area contributed by atoms with Crippen molar-refractivity contribution in [2.75, 3.05) is 13.1 Å². The van der Waals surface area contributed by atoms with E-state index >= 15 is 0 Å². The van der Waals surface area contributed by atoms with E-state index < -0.39 is 23.9 Å². The molecule has 1 N–H and O–H groups in total. The van der Waals surface area contributed by atoms with E-state index in [-0.39, 0.29) is 12.0 Å². The SMILES string of the molecule is C[C@@H]1CCCN(C(=O)[C@@H]2[C@H](C(=O)O)[C@H]3C=C[C@H]2O3)C1. The molecule has 104 valence electrons. The Labute approximate surface area is 112 Å². The van der Waals surface area contributed by atoms with Gasteiger partial charge in [0.1, 0.15) is 5.92 Å². The first-order chi connectivity index (χ1) is 9.08. The number of carbonyl (C=O) groups is 2. The lowest BCUT2D eigenvalue weighted by Crippen LogP contribution is -2.48. The van der Waals surface area contributed by atoms with Gasteiger partial charge in [0.05, 0.1) is 18.1 Å². The summed E-state index contributed by atoms with van der Waals surface area (Å²) in [4.78, 5) is 25.8. The maximum absolute atomic E-state index is 12.6. The predicted molar refractivity (Wildman–Crippen MR) is 67.4 cm³/mol. The number of carboxylic acids is 1. The average Bonchev–Trinajstić information content (AvgIpc) is 2.97. The molecule has 0 aliphatic carbocycles. The summed E-state index contributed by atoms with van der Waals surface area (Å²) in [5.74, 6) is -1.75. The maximum atomic E-state index is 12.6. The third kappa shape index (κ3) is 2.06. The van der Waals surface area contributed by atoms with Crippen LogP contribution in [0.15, 0.2) is 12.2 Å². The fourth-order valence-corrected chi connectivity index (χ4v) is 3.50. The van der Waals surface area contributed by atoms with Gasteiger partial charge in [-0.25, -0.2) is 0 Å². The topological polar surface area (TPSA) is 66.8 Å². The average molecular weight is 265 g/mol. The Morgan fingerprint density at radius 1 is 1.26 bits per heavy atom. The number of hydrogen-bond acceptors (Lipinski definition) is 3. The molecule has 3 aliphatic rings. The molecule has 0 unspecified atom stereocenters. The Kier molecular flexibility index (Phi) is 3.09. The summed E-state index contributed by atoms with van der Waals surface area (Å²) in [5.41, 5.74) is 0. The van der Waals surface area contributed by atoms with Gasteiger partial charge in [-0.15, -0.1) is 0 Å². The minimum absolute atomic E-state index is 0.0456. The molecule has 5 nitrogen and oxygen atoms in total. The Bertz CT molecular complexity index is 433. The third-order valence-corrected chi connectivity index (χ3v) is 4.44. The van der Waals surface area contributed by atoms with Crippen LogP contribution in [-0.4, -0.2) is 47.2 Å². The lowest BCUT2D eigenvalue weighted by molar-refractivity contribution is -0.150. The third-order valence-electron chi connectivity index (χ3n) is 4.44. The molecule has 0 spiro atoms. The van der Waals surface area contributed by atoms with E-state index in [1.807, 2.05) is 11.0 Å². The minimum atomic E-state index is -0.930. The molecule has 0 aromatic heterocycles. The molecule has 2 bridgehead atoms. The number of fused-ring (bicyclic) bond motifs is 2. The largest absolute Gasteiger partial charge is 0.481 e. The molecule has 19 heavy (non-hydrogen) atoms. The zero-order valence-electron chi connectivity index (χ0n) is 11.0. The van der Waals surface area contributed by atoms with Gasteiger partial charge < -0.3 is 14.7 Å². The van der Waals surface area contributed by atoms with Crippen molar-refractivity contribution >= 4 is 11.9 Å². The van der Waals surface area contributed by atoms with Crippen molar-refractivity contribution in [2.24, 2.45) is 17.8 Å². The fourth-order valence-electron chi connectivity index (χ4n) is 3.50. The van der Waals surface area contributed by atoms with Gasteiger partial charge in [0.15, 0.2) is 0 Å². The molecule has 3 aliphatic heterocycles. The molecule has 0 radical (unpaired) electrons. The van der Waals surface area contributed by atoms with Gasteiger partial charge in [-0.3, -0.25) is 9.59 Å². The summed E-state index contributed by atoms with van der Waals surface area (Å²) in [6, 6.07) is 0. The summed E-state index contributed by atoms with van der Waals surface area (Å²) < 4.78 is 5.56. The van der Waals surface area contributed by atoms with Gasteiger partial charge in [-0.1, -0.05) is 19.1 Å². The zero-order valence-corrected chi connectivity index (χ0v) is 11.0. The van der Waals surface area contributed by atoms with Crippen LogP contribution >= 0.6 is 0 Å². The molecule has 2 fully saturated rings. The molecule has 3 rings (SSSR count). The van der Waals surface area contributed by atoms with Gasteiger partial charge in [-0.2, -0.15) is 0 Å². The molecule has 1 amide bonds. The van der Waals surface area contributed by atoms with Crippen LogP contribution in [0.5, 0.6) is 0 Å². The van der Waals surface area contributed by atoms with Crippen LogP contribution in [0.1, 0.15) is 19.8 Å². The lowest BCUT2D eigenvalue weighted by atomic mass is 9.81. The highest BCUT2D eigenvalue weighted by molar-refractivity contribution is 5.87. The van der Waals surface area contributed by atoms with Crippen molar-refractivity contribution in [1.29, 1.82) is 0 Å². The molecule has 0 aromatic carbocycles. The summed E-state index contributed by atoms with van der Waals surface area (Å²) in [7, 11) is 0. The number of carboxylic acid groups (broad SMARTS) is 1. The lowest BCUT2D eigenvalue weighted by Gasteiger charge is -2.34. The fraction of sp³-hybridized carbons (Fsp3) is 0.714. The highest BCUT2D eigenvalue weighted by Gasteiger charge is 2.54. The number of nitrogens with zero attached hydrogens (tertiary/aromatic N) is 1. The number of likely N-dealkylation sites (tertiary alicyclic amines) is 1. The van der Waals surface area contributed by atoms with Crippen molar-refractivity contribution in [2.45, 2.75) is 32.0 Å². The number of hydrogen-bond donors (Lipinski definition) is 1. The Morgan fingerprint density at radius 3 is 2.58 bits per heavy atom. The summed E-state index contributed by atoms with van der Waals surface area (Å²) >= 11 is 0. The Morgan fingerprint density at radius 2 is 1.95 bits per heavy atom. The van der Waals surface area contributed by atoms with E-state index in [9.17, 15) is 14.7 Å². The monoisotopic (exact) mass is 265 g/mol. The number of aliphatic carboxylic acids is 1. The van der Waals surface area contributed by atoms with Crippen LogP contribution in [0.4, 0.5) is 0 Å².